The summed E-state index contributed by atoms with van der Waals surface area (Å²) >= 11 is 0. The number of nitro groups is 1. The van der Waals surface area contributed by atoms with Gasteiger partial charge in [-0.2, -0.15) is 0 Å². The fourth-order valence-electron chi connectivity index (χ4n) is 3.38. The zero-order valence-electron chi connectivity index (χ0n) is 13.3. The van der Waals surface area contributed by atoms with Crippen molar-refractivity contribution >= 4 is 11.4 Å². The molecule has 0 saturated heterocycles. The van der Waals surface area contributed by atoms with Crippen molar-refractivity contribution in [3.8, 4) is 0 Å². The van der Waals surface area contributed by atoms with Gasteiger partial charge in [0.2, 0.25) is 5.39 Å². The van der Waals surface area contributed by atoms with Crippen LogP contribution in [-0.4, -0.2) is 4.92 Å². The van der Waals surface area contributed by atoms with E-state index in [4.69, 9.17) is 5.39 Å². The van der Waals surface area contributed by atoms with Crippen molar-refractivity contribution in [1.29, 1.82) is 5.39 Å². The van der Waals surface area contributed by atoms with E-state index >= 15 is 0 Å². The standard InChI is InChI=1S/C18H18N3O2/c1-11-13-3-5-15-9-18(21(22)23)10-16(12(15)2)6-4-14(11)8-17(7-13)20-19/h7-10H,3-6H2,1-2H3/q+1. The minimum atomic E-state index is -0.314. The van der Waals surface area contributed by atoms with E-state index in [2.05, 4.69) is 11.9 Å². The number of hydrogen-bond acceptors (Lipinski definition) is 3. The van der Waals surface area contributed by atoms with Crippen molar-refractivity contribution in [2.24, 2.45) is 0 Å². The van der Waals surface area contributed by atoms with Crippen LogP contribution in [-0.2, 0) is 25.7 Å². The number of benzene rings is 2. The average Bonchev–Trinajstić information content (AvgIpc) is 2.53. The first-order valence-corrected chi connectivity index (χ1v) is 7.74. The second-order valence-electron chi connectivity index (χ2n) is 6.14. The number of hydrogen-bond donors (Lipinski definition) is 0. The molecule has 4 bridgehead atoms. The Kier molecular flexibility index (Phi) is 3.83. The molecule has 3 rings (SSSR count). The molecule has 0 fully saturated rings. The van der Waals surface area contributed by atoms with Crippen LogP contribution in [0, 0.1) is 29.4 Å². The van der Waals surface area contributed by atoms with E-state index in [1.807, 2.05) is 19.1 Å². The minimum absolute atomic E-state index is 0.174. The van der Waals surface area contributed by atoms with Crippen LogP contribution in [0.1, 0.15) is 33.4 Å². The van der Waals surface area contributed by atoms with Crippen LogP contribution in [0.4, 0.5) is 11.4 Å². The first-order valence-electron chi connectivity index (χ1n) is 7.74. The molecule has 0 radical (unpaired) electrons. The number of diazo groups is 1. The molecule has 0 saturated carbocycles. The number of aryl methyl sites for hydroxylation is 4. The van der Waals surface area contributed by atoms with Crippen LogP contribution in [0.25, 0.3) is 4.98 Å². The van der Waals surface area contributed by atoms with E-state index in [0.29, 0.717) is 5.69 Å². The fourth-order valence-corrected chi connectivity index (χ4v) is 3.38. The lowest BCUT2D eigenvalue weighted by Gasteiger charge is -2.17. The van der Waals surface area contributed by atoms with Gasteiger partial charge in [0, 0.05) is 24.3 Å². The molecular formula is C18H18N3O2+. The van der Waals surface area contributed by atoms with E-state index in [1.165, 1.54) is 5.56 Å². The lowest BCUT2D eigenvalue weighted by atomic mass is 9.87. The van der Waals surface area contributed by atoms with E-state index < -0.39 is 0 Å². The number of rotatable bonds is 1. The Balaban J connectivity index is 2.12. The molecule has 0 amide bonds. The van der Waals surface area contributed by atoms with Gasteiger partial charge in [0.05, 0.1) is 4.92 Å². The predicted octanol–water partition coefficient (Wildman–Crippen LogP) is 4.58. The van der Waals surface area contributed by atoms with Crippen LogP contribution in [0.5, 0.6) is 0 Å². The van der Waals surface area contributed by atoms with Crippen molar-refractivity contribution in [3.63, 3.8) is 0 Å². The molecule has 0 aliphatic heterocycles. The van der Waals surface area contributed by atoms with Gasteiger partial charge in [-0.1, -0.05) is 0 Å². The highest BCUT2D eigenvalue weighted by Gasteiger charge is 2.19. The molecule has 0 spiro atoms. The zero-order valence-corrected chi connectivity index (χ0v) is 13.3. The van der Waals surface area contributed by atoms with Crippen LogP contribution in [0.15, 0.2) is 24.3 Å². The molecule has 2 aromatic rings. The Labute approximate surface area is 134 Å². The summed E-state index contributed by atoms with van der Waals surface area (Å²) in [4.78, 5) is 14.2. The maximum atomic E-state index is 11.2. The summed E-state index contributed by atoms with van der Waals surface area (Å²) in [6, 6.07) is 7.18. The maximum Gasteiger partial charge on any atom is 0.385 e. The highest BCUT2D eigenvalue weighted by Crippen LogP contribution is 2.30. The Morgan fingerprint density at radius 2 is 1.30 bits per heavy atom. The van der Waals surface area contributed by atoms with Crippen molar-refractivity contribution in [3.05, 3.63) is 72.7 Å². The highest BCUT2D eigenvalue weighted by molar-refractivity contribution is 5.54. The number of fused-ring (bicyclic) bond motifs is 4. The normalized spacial score (nSPS) is 13.3. The number of nitro benzene ring substituents is 1. The van der Waals surface area contributed by atoms with Gasteiger partial charge in [0.25, 0.3) is 5.69 Å². The van der Waals surface area contributed by atoms with E-state index in [-0.39, 0.29) is 10.6 Å². The Hall–Kier alpha value is -2.74. The first kappa shape index (κ1) is 15.2. The molecule has 116 valence electrons. The van der Waals surface area contributed by atoms with Gasteiger partial charge in [0.1, 0.15) is 0 Å². The topological polar surface area (TPSA) is 71.3 Å². The summed E-state index contributed by atoms with van der Waals surface area (Å²) in [7, 11) is 0. The smallest absolute Gasteiger partial charge is 0.258 e. The zero-order chi connectivity index (χ0) is 16.6. The largest absolute Gasteiger partial charge is 0.385 e. The molecule has 23 heavy (non-hydrogen) atoms. The SMILES string of the molecule is Cc1c2cc([N+]#N)cc1CCc1cc([N+](=O)[O-])cc(c1C)CC2. The van der Waals surface area contributed by atoms with Gasteiger partial charge in [-0.15, -0.1) is 0 Å². The van der Waals surface area contributed by atoms with Crippen molar-refractivity contribution in [2.45, 2.75) is 39.5 Å². The summed E-state index contributed by atoms with van der Waals surface area (Å²) in [6.45, 7) is 4.14. The molecule has 2 aromatic carbocycles. The van der Waals surface area contributed by atoms with Crippen molar-refractivity contribution in [1.82, 2.24) is 0 Å². The van der Waals surface area contributed by atoms with Gasteiger partial charge >= 0.3 is 5.69 Å². The van der Waals surface area contributed by atoms with Crippen molar-refractivity contribution in [2.75, 3.05) is 0 Å². The molecule has 5 heteroatoms. The van der Waals surface area contributed by atoms with Crippen LogP contribution in [0.2, 0.25) is 0 Å². The Morgan fingerprint density at radius 3 is 1.65 bits per heavy atom. The second kappa shape index (κ2) is 5.81. The minimum Gasteiger partial charge on any atom is -0.258 e. The summed E-state index contributed by atoms with van der Waals surface area (Å²) in [5, 5.41) is 20.3. The molecule has 0 heterocycles. The van der Waals surface area contributed by atoms with Gasteiger partial charge in [0.15, 0.2) is 4.98 Å². The molecule has 5 nitrogen and oxygen atoms in total. The average molecular weight is 308 g/mol. The second-order valence-corrected chi connectivity index (χ2v) is 6.14. The van der Waals surface area contributed by atoms with Gasteiger partial charge in [-0.05, 0) is 72.9 Å². The Morgan fingerprint density at radius 1 is 0.913 bits per heavy atom. The quantitative estimate of drug-likeness (QED) is 0.440. The van der Waals surface area contributed by atoms with Crippen LogP contribution < -0.4 is 0 Å². The molecule has 1 aliphatic rings. The lowest BCUT2D eigenvalue weighted by molar-refractivity contribution is -0.385. The summed E-state index contributed by atoms with van der Waals surface area (Å²) < 4.78 is 0. The Bertz CT molecular complexity index is 800. The third-order valence-electron chi connectivity index (χ3n) is 4.87. The predicted molar refractivity (Wildman–Crippen MR) is 88.6 cm³/mol. The van der Waals surface area contributed by atoms with Gasteiger partial charge in [-0.25, -0.2) is 0 Å². The first-order chi connectivity index (χ1) is 11.0. The molecule has 1 aliphatic carbocycles. The molecule has 0 atom stereocenters. The van der Waals surface area contributed by atoms with Gasteiger partial charge < -0.3 is 0 Å². The van der Waals surface area contributed by atoms with Crippen molar-refractivity contribution < 1.29 is 4.92 Å². The summed E-state index contributed by atoms with van der Waals surface area (Å²) in [6.07, 6.45) is 3.05. The highest BCUT2D eigenvalue weighted by atomic mass is 16.6. The van der Waals surface area contributed by atoms with E-state index in [1.54, 1.807) is 12.1 Å². The lowest BCUT2D eigenvalue weighted by Crippen LogP contribution is -2.07. The summed E-state index contributed by atoms with van der Waals surface area (Å²) in [5.41, 5.74) is 7.49. The third-order valence-corrected chi connectivity index (χ3v) is 4.87. The fraction of sp³-hybridized carbons (Fsp3) is 0.333. The molecule has 0 unspecified atom stereocenters. The van der Waals surface area contributed by atoms with Crippen LogP contribution in [0.3, 0.4) is 0 Å². The summed E-state index contributed by atoms with van der Waals surface area (Å²) in [5.74, 6) is 0. The van der Waals surface area contributed by atoms with Gasteiger partial charge in [-0.3, -0.25) is 10.1 Å². The number of nitrogens with zero attached hydrogens (tertiary/aromatic N) is 3. The van der Waals surface area contributed by atoms with E-state index in [9.17, 15) is 10.1 Å². The molecule has 0 N–H and O–H groups in total. The van der Waals surface area contributed by atoms with E-state index in [0.717, 1.165) is 53.5 Å². The number of non-ortho nitro benzene ring substituents is 1. The maximum absolute atomic E-state index is 11.2. The molecular weight excluding hydrogens is 290 g/mol. The monoisotopic (exact) mass is 308 g/mol. The molecule has 0 aromatic heterocycles. The van der Waals surface area contributed by atoms with Crippen LogP contribution >= 0.6 is 0 Å². The third kappa shape index (κ3) is 2.80.